The summed E-state index contributed by atoms with van der Waals surface area (Å²) in [5, 5.41) is 0. The van der Waals surface area contributed by atoms with Crippen LogP contribution >= 0.6 is 31.9 Å². The molecule has 0 aliphatic heterocycles. The number of rotatable bonds is 4. The van der Waals surface area contributed by atoms with E-state index in [2.05, 4.69) is 51.8 Å². The first-order valence-corrected chi connectivity index (χ1v) is 7.92. The summed E-state index contributed by atoms with van der Waals surface area (Å²) in [6.45, 7) is 4.57. The second kappa shape index (κ2) is 6.72. The van der Waals surface area contributed by atoms with Gasteiger partial charge in [-0.25, -0.2) is 4.39 Å². The average molecular weight is 402 g/mol. The van der Waals surface area contributed by atoms with Crippen LogP contribution in [0.1, 0.15) is 30.9 Å². The Morgan fingerprint density at radius 1 is 1.15 bits per heavy atom. The monoisotopic (exact) mass is 400 g/mol. The normalized spacial score (nSPS) is 10.9. The molecule has 0 heterocycles. The van der Waals surface area contributed by atoms with Gasteiger partial charge in [-0.15, -0.1) is 0 Å². The van der Waals surface area contributed by atoms with Crippen LogP contribution in [0.2, 0.25) is 0 Å². The van der Waals surface area contributed by atoms with Crippen LogP contribution in [-0.2, 0) is 6.61 Å². The molecule has 2 rings (SSSR count). The Balaban J connectivity index is 2.21. The van der Waals surface area contributed by atoms with Gasteiger partial charge >= 0.3 is 0 Å². The fraction of sp³-hybridized carbons (Fsp3) is 0.250. The molecule has 0 saturated heterocycles. The Hall–Kier alpha value is -0.870. The number of benzene rings is 2. The van der Waals surface area contributed by atoms with Crippen LogP contribution in [-0.4, -0.2) is 0 Å². The van der Waals surface area contributed by atoms with Gasteiger partial charge in [0.15, 0.2) is 0 Å². The lowest BCUT2D eigenvalue weighted by molar-refractivity contribution is 0.300. The number of halogens is 3. The van der Waals surface area contributed by atoms with Crippen LogP contribution in [0.3, 0.4) is 0 Å². The van der Waals surface area contributed by atoms with E-state index in [4.69, 9.17) is 4.74 Å². The van der Waals surface area contributed by atoms with E-state index >= 15 is 0 Å². The standard InChI is InChI=1S/C16H15Br2FO/c1-10(2)13-8-12(17)6-7-15(13)20-9-11-4-3-5-14(19)16(11)18/h3-8,10H,9H2,1-2H3. The highest BCUT2D eigenvalue weighted by molar-refractivity contribution is 9.10. The average Bonchev–Trinajstić information content (AvgIpc) is 2.41. The number of hydrogen-bond donors (Lipinski definition) is 0. The number of hydrogen-bond acceptors (Lipinski definition) is 1. The molecule has 2 aromatic carbocycles. The maximum atomic E-state index is 13.5. The van der Waals surface area contributed by atoms with Crippen molar-refractivity contribution < 1.29 is 9.13 Å². The molecular formula is C16H15Br2FO. The molecule has 0 spiro atoms. The van der Waals surface area contributed by atoms with Crippen molar-refractivity contribution in [3.63, 3.8) is 0 Å². The molecule has 0 fully saturated rings. The van der Waals surface area contributed by atoms with Gasteiger partial charge in [-0.1, -0.05) is 41.9 Å². The van der Waals surface area contributed by atoms with E-state index in [0.29, 0.717) is 17.0 Å². The number of ether oxygens (including phenoxy) is 1. The van der Waals surface area contributed by atoms with Crippen molar-refractivity contribution in [1.82, 2.24) is 0 Å². The minimum Gasteiger partial charge on any atom is -0.489 e. The summed E-state index contributed by atoms with van der Waals surface area (Å²) in [5.41, 5.74) is 1.93. The van der Waals surface area contributed by atoms with Gasteiger partial charge in [-0.05, 0) is 51.7 Å². The quantitative estimate of drug-likeness (QED) is 0.605. The van der Waals surface area contributed by atoms with Crippen LogP contribution in [0.25, 0.3) is 0 Å². The van der Waals surface area contributed by atoms with E-state index in [0.717, 1.165) is 21.3 Å². The van der Waals surface area contributed by atoms with E-state index in [-0.39, 0.29) is 5.82 Å². The fourth-order valence-corrected chi connectivity index (χ4v) is 2.67. The van der Waals surface area contributed by atoms with Crippen molar-refractivity contribution in [3.8, 4) is 5.75 Å². The topological polar surface area (TPSA) is 9.23 Å². The molecule has 0 radical (unpaired) electrons. The van der Waals surface area contributed by atoms with Gasteiger partial charge in [0.05, 0.1) is 4.47 Å². The molecule has 0 bridgehead atoms. The van der Waals surface area contributed by atoms with E-state index in [1.807, 2.05) is 18.2 Å². The maximum absolute atomic E-state index is 13.5. The summed E-state index contributed by atoms with van der Waals surface area (Å²) in [4.78, 5) is 0. The van der Waals surface area contributed by atoms with Gasteiger partial charge in [0.2, 0.25) is 0 Å². The Bertz CT molecular complexity index is 611. The third-order valence-corrected chi connectivity index (χ3v) is 4.39. The molecule has 20 heavy (non-hydrogen) atoms. The summed E-state index contributed by atoms with van der Waals surface area (Å²) < 4.78 is 20.8. The first-order valence-electron chi connectivity index (χ1n) is 6.34. The molecule has 106 valence electrons. The molecule has 0 saturated carbocycles. The molecule has 0 aromatic heterocycles. The predicted molar refractivity (Wildman–Crippen MR) is 86.7 cm³/mol. The van der Waals surface area contributed by atoms with Gasteiger partial charge in [0.1, 0.15) is 18.2 Å². The molecule has 0 amide bonds. The van der Waals surface area contributed by atoms with Crippen molar-refractivity contribution in [2.75, 3.05) is 0 Å². The Labute approximate surface area is 135 Å². The molecular weight excluding hydrogens is 387 g/mol. The first kappa shape index (κ1) is 15.5. The summed E-state index contributed by atoms with van der Waals surface area (Å²) in [7, 11) is 0. The molecule has 0 aliphatic rings. The molecule has 0 atom stereocenters. The molecule has 0 unspecified atom stereocenters. The third-order valence-electron chi connectivity index (χ3n) is 3.01. The van der Waals surface area contributed by atoms with Crippen molar-refractivity contribution in [1.29, 1.82) is 0 Å². The molecule has 2 aromatic rings. The first-order chi connectivity index (χ1) is 9.49. The highest BCUT2D eigenvalue weighted by Crippen LogP contribution is 2.31. The lowest BCUT2D eigenvalue weighted by Crippen LogP contribution is -2.01. The predicted octanol–water partition coefficient (Wildman–Crippen LogP) is 6.05. The van der Waals surface area contributed by atoms with Gasteiger partial charge in [-0.3, -0.25) is 0 Å². The third kappa shape index (κ3) is 3.61. The highest BCUT2D eigenvalue weighted by atomic mass is 79.9. The molecule has 4 heteroatoms. The van der Waals surface area contributed by atoms with Crippen molar-refractivity contribution in [3.05, 3.63) is 62.3 Å². The van der Waals surface area contributed by atoms with Gasteiger partial charge < -0.3 is 4.74 Å². The molecule has 1 nitrogen and oxygen atoms in total. The smallest absolute Gasteiger partial charge is 0.137 e. The minimum atomic E-state index is -0.272. The second-order valence-electron chi connectivity index (χ2n) is 4.84. The molecule has 0 aliphatic carbocycles. The van der Waals surface area contributed by atoms with Crippen molar-refractivity contribution in [2.45, 2.75) is 26.4 Å². The lowest BCUT2D eigenvalue weighted by atomic mass is 10.0. The van der Waals surface area contributed by atoms with Gasteiger partial charge in [0, 0.05) is 10.0 Å². The Morgan fingerprint density at radius 3 is 2.60 bits per heavy atom. The van der Waals surface area contributed by atoms with Crippen LogP contribution < -0.4 is 4.74 Å². The molecule has 0 N–H and O–H groups in total. The second-order valence-corrected chi connectivity index (χ2v) is 6.55. The van der Waals surface area contributed by atoms with Crippen LogP contribution in [0, 0.1) is 5.82 Å². The summed E-state index contributed by atoms with van der Waals surface area (Å²) in [5.74, 6) is 0.920. The van der Waals surface area contributed by atoms with Gasteiger partial charge in [-0.2, -0.15) is 0 Å². The van der Waals surface area contributed by atoms with Crippen LogP contribution in [0.15, 0.2) is 45.3 Å². The van der Waals surface area contributed by atoms with Gasteiger partial charge in [0.25, 0.3) is 0 Å². The summed E-state index contributed by atoms with van der Waals surface area (Å²) in [6.07, 6.45) is 0. The summed E-state index contributed by atoms with van der Waals surface area (Å²) >= 11 is 6.72. The minimum absolute atomic E-state index is 0.272. The Kier molecular flexibility index (Phi) is 5.22. The SMILES string of the molecule is CC(C)c1cc(Br)ccc1OCc1cccc(F)c1Br. The van der Waals surface area contributed by atoms with E-state index in [1.165, 1.54) is 6.07 Å². The van der Waals surface area contributed by atoms with E-state index in [9.17, 15) is 4.39 Å². The highest BCUT2D eigenvalue weighted by Gasteiger charge is 2.10. The lowest BCUT2D eigenvalue weighted by Gasteiger charge is -2.15. The summed E-state index contributed by atoms with van der Waals surface area (Å²) in [6, 6.07) is 10.9. The Morgan fingerprint density at radius 2 is 1.90 bits per heavy atom. The van der Waals surface area contributed by atoms with E-state index in [1.54, 1.807) is 6.07 Å². The zero-order valence-corrected chi connectivity index (χ0v) is 14.5. The van der Waals surface area contributed by atoms with Crippen LogP contribution in [0.5, 0.6) is 5.75 Å². The largest absolute Gasteiger partial charge is 0.489 e. The maximum Gasteiger partial charge on any atom is 0.137 e. The van der Waals surface area contributed by atoms with Crippen molar-refractivity contribution >= 4 is 31.9 Å². The van der Waals surface area contributed by atoms with Crippen LogP contribution in [0.4, 0.5) is 4.39 Å². The van der Waals surface area contributed by atoms with E-state index < -0.39 is 0 Å². The van der Waals surface area contributed by atoms with Crippen molar-refractivity contribution in [2.24, 2.45) is 0 Å². The fourth-order valence-electron chi connectivity index (χ4n) is 1.92. The zero-order valence-electron chi connectivity index (χ0n) is 11.3. The zero-order chi connectivity index (χ0) is 14.7.